The highest BCUT2D eigenvalue weighted by molar-refractivity contribution is 6.30. The van der Waals surface area contributed by atoms with Gasteiger partial charge in [0.25, 0.3) is 0 Å². The van der Waals surface area contributed by atoms with Crippen molar-refractivity contribution >= 4 is 23.0 Å². The number of anilines is 2. The van der Waals surface area contributed by atoms with Gasteiger partial charge in [0.2, 0.25) is 0 Å². The van der Waals surface area contributed by atoms with Crippen LogP contribution in [0.2, 0.25) is 5.02 Å². The van der Waals surface area contributed by atoms with Gasteiger partial charge in [-0.2, -0.15) is 0 Å². The quantitative estimate of drug-likeness (QED) is 0.591. The van der Waals surface area contributed by atoms with Crippen LogP contribution in [0, 0.1) is 0 Å². The van der Waals surface area contributed by atoms with E-state index in [1.807, 2.05) is 30.3 Å². The lowest BCUT2D eigenvalue weighted by molar-refractivity contribution is 0.889. The van der Waals surface area contributed by atoms with Crippen LogP contribution in [-0.2, 0) is 6.54 Å². The fourth-order valence-corrected chi connectivity index (χ4v) is 2.62. The summed E-state index contributed by atoms with van der Waals surface area (Å²) >= 11 is 5.92. The number of hydrogen-bond donors (Lipinski definition) is 3. The molecule has 0 radical (unpaired) electrons. The minimum atomic E-state index is 0.671. The van der Waals surface area contributed by atoms with E-state index in [2.05, 4.69) is 64.5 Å². The first-order valence-corrected chi connectivity index (χ1v) is 8.77. The van der Waals surface area contributed by atoms with Crippen molar-refractivity contribution in [2.24, 2.45) is 0 Å². The first-order chi connectivity index (χ1) is 12.3. The summed E-state index contributed by atoms with van der Waals surface area (Å²) in [5.41, 5.74) is 4.46. The van der Waals surface area contributed by atoms with Crippen molar-refractivity contribution in [3.05, 3.63) is 95.2 Å². The third-order valence-electron chi connectivity index (χ3n) is 3.84. The molecule has 0 fully saturated rings. The molecule has 0 saturated heterocycles. The minimum absolute atomic E-state index is 0.671. The van der Waals surface area contributed by atoms with E-state index in [0.717, 1.165) is 35.1 Å². The van der Waals surface area contributed by atoms with E-state index in [1.165, 1.54) is 5.56 Å². The van der Waals surface area contributed by atoms with E-state index in [1.54, 1.807) is 0 Å². The second-order valence-corrected chi connectivity index (χ2v) is 6.22. The third-order valence-corrected chi connectivity index (χ3v) is 4.09. The lowest BCUT2D eigenvalue weighted by Gasteiger charge is -2.12. The van der Waals surface area contributed by atoms with Crippen LogP contribution in [0.3, 0.4) is 0 Å². The van der Waals surface area contributed by atoms with Crippen LogP contribution in [-0.4, -0.2) is 6.67 Å². The van der Waals surface area contributed by atoms with Crippen LogP contribution in [0.1, 0.15) is 12.0 Å². The lowest BCUT2D eigenvalue weighted by Crippen LogP contribution is -2.20. The largest absolute Gasteiger partial charge is 0.381 e. The Morgan fingerprint density at radius 2 is 1.68 bits per heavy atom. The van der Waals surface area contributed by atoms with Gasteiger partial charge in [-0.3, -0.25) is 0 Å². The van der Waals surface area contributed by atoms with E-state index >= 15 is 0 Å². The number of rotatable bonds is 7. The molecule has 0 unspecified atom stereocenters. The van der Waals surface area contributed by atoms with Crippen LogP contribution in [0.5, 0.6) is 0 Å². The van der Waals surface area contributed by atoms with Crippen LogP contribution >= 0.6 is 11.6 Å². The molecule has 0 saturated carbocycles. The highest BCUT2D eigenvalue weighted by atomic mass is 35.5. The lowest BCUT2D eigenvalue weighted by atomic mass is 10.2. The second-order valence-electron chi connectivity index (χ2n) is 5.78. The summed E-state index contributed by atoms with van der Waals surface area (Å²) in [6.07, 6.45) is 11.5. The van der Waals surface area contributed by atoms with Gasteiger partial charge in [0, 0.05) is 28.6 Å². The molecule has 0 heterocycles. The Bertz CT molecular complexity index is 776. The normalized spacial score (nSPS) is 13.1. The highest BCUT2D eigenvalue weighted by Gasteiger charge is 1.98. The van der Waals surface area contributed by atoms with Gasteiger partial charge < -0.3 is 16.0 Å². The Hall–Kier alpha value is -2.65. The second kappa shape index (κ2) is 9.00. The summed E-state index contributed by atoms with van der Waals surface area (Å²) in [7, 11) is 0. The molecule has 3 nitrogen and oxygen atoms in total. The van der Waals surface area contributed by atoms with Gasteiger partial charge in [0.05, 0.1) is 6.67 Å². The Kier molecular flexibility index (Phi) is 6.18. The van der Waals surface area contributed by atoms with E-state index < -0.39 is 0 Å². The zero-order valence-electron chi connectivity index (χ0n) is 14.0. The summed E-state index contributed by atoms with van der Waals surface area (Å²) in [5, 5.41) is 11.0. The molecular formula is C21H22ClN3. The SMILES string of the molecule is Clc1ccc(CNc2cccc(NCNC3=CC=CCC=C3)c2)cc1. The van der Waals surface area contributed by atoms with Crippen molar-refractivity contribution in [2.75, 3.05) is 17.3 Å². The van der Waals surface area contributed by atoms with E-state index in [0.29, 0.717) is 6.67 Å². The molecule has 0 spiro atoms. The van der Waals surface area contributed by atoms with Crippen molar-refractivity contribution < 1.29 is 0 Å². The van der Waals surface area contributed by atoms with Gasteiger partial charge in [-0.25, -0.2) is 0 Å². The van der Waals surface area contributed by atoms with Crippen LogP contribution in [0.15, 0.2) is 84.6 Å². The molecule has 3 N–H and O–H groups in total. The van der Waals surface area contributed by atoms with Gasteiger partial charge in [-0.05, 0) is 54.5 Å². The molecule has 3 rings (SSSR count). The highest BCUT2D eigenvalue weighted by Crippen LogP contribution is 2.16. The molecule has 0 aliphatic heterocycles. The molecule has 4 heteroatoms. The summed E-state index contributed by atoms with van der Waals surface area (Å²) < 4.78 is 0. The van der Waals surface area contributed by atoms with Crippen LogP contribution in [0.4, 0.5) is 11.4 Å². The predicted octanol–water partition coefficient (Wildman–Crippen LogP) is 5.31. The smallest absolute Gasteiger partial charge is 0.0849 e. The Morgan fingerprint density at radius 3 is 2.52 bits per heavy atom. The molecular weight excluding hydrogens is 330 g/mol. The zero-order valence-corrected chi connectivity index (χ0v) is 14.8. The van der Waals surface area contributed by atoms with Crippen LogP contribution < -0.4 is 16.0 Å². The number of hydrogen-bond acceptors (Lipinski definition) is 3. The summed E-state index contributed by atoms with van der Waals surface area (Å²) in [5.74, 6) is 0. The molecule has 0 bridgehead atoms. The molecule has 2 aromatic carbocycles. The number of halogens is 1. The molecule has 2 aromatic rings. The number of allylic oxidation sites excluding steroid dienone is 5. The van der Waals surface area contributed by atoms with E-state index in [9.17, 15) is 0 Å². The van der Waals surface area contributed by atoms with Crippen molar-refractivity contribution in [1.82, 2.24) is 5.32 Å². The average molecular weight is 352 g/mol. The summed E-state index contributed by atoms with van der Waals surface area (Å²) in [6.45, 7) is 1.44. The zero-order chi connectivity index (χ0) is 17.3. The predicted molar refractivity (Wildman–Crippen MR) is 108 cm³/mol. The van der Waals surface area contributed by atoms with Crippen molar-refractivity contribution in [3.8, 4) is 0 Å². The topological polar surface area (TPSA) is 36.1 Å². The van der Waals surface area contributed by atoms with Gasteiger partial charge in [0.15, 0.2) is 0 Å². The maximum Gasteiger partial charge on any atom is 0.0849 e. The maximum absolute atomic E-state index is 5.92. The molecule has 0 amide bonds. The Balaban J connectivity index is 1.50. The summed E-state index contributed by atoms with van der Waals surface area (Å²) in [6, 6.07) is 16.2. The molecule has 0 aromatic heterocycles. The van der Waals surface area contributed by atoms with Gasteiger partial charge in [0.1, 0.15) is 0 Å². The standard InChI is InChI=1S/C21H22ClN3/c22-18-12-10-17(11-13-18)15-23-20-8-5-9-21(14-20)25-16-24-19-6-3-1-2-4-7-19/h1,3-14,23-25H,2,15-16H2. The fourth-order valence-electron chi connectivity index (χ4n) is 2.49. The fraction of sp³-hybridized carbons (Fsp3) is 0.143. The minimum Gasteiger partial charge on any atom is -0.381 e. The molecule has 128 valence electrons. The van der Waals surface area contributed by atoms with Gasteiger partial charge in [-0.15, -0.1) is 0 Å². The third kappa shape index (κ3) is 5.73. The first kappa shape index (κ1) is 17.2. The van der Waals surface area contributed by atoms with E-state index in [-0.39, 0.29) is 0 Å². The van der Waals surface area contributed by atoms with Gasteiger partial charge in [-0.1, -0.05) is 48.0 Å². The summed E-state index contributed by atoms with van der Waals surface area (Å²) in [4.78, 5) is 0. The number of nitrogens with one attached hydrogen (secondary N) is 3. The number of benzene rings is 2. The van der Waals surface area contributed by atoms with Crippen molar-refractivity contribution in [3.63, 3.8) is 0 Å². The van der Waals surface area contributed by atoms with Crippen molar-refractivity contribution in [2.45, 2.75) is 13.0 Å². The molecule has 25 heavy (non-hydrogen) atoms. The van der Waals surface area contributed by atoms with Gasteiger partial charge >= 0.3 is 0 Å². The first-order valence-electron chi connectivity index (χ1n) is 8.39. The Labute approximate surface area is 154 Å². The monoisotopic (exact) mass is 351 g/mol. The molecule has 1 aliphatic carbocycles. The molecule has 1 aliphatic rings. The van der Waals surface area contributed by atoms with Crippen molar-refractivity contribution in [1.29, 1.82) is 0 Å². The average Bonchev–Trinajstić information content (AvgIpc) is 2.91. The Morgan fingerprint density at radius 1 is 0.880 bits per heavy atom. The van der Waals surface area contributed by atoms with E-state index in [4.69, 9.17) is 11.6 Å². The maximum atomic E-state index is 5.92. The van der Waals surface area contributed by atoms with Crippen LogP contribution in [0.25, 0.3) is 0 Å². The molecule has 0 atom stereocenters.